The van der Waals surface area contributed by atoms with Crippen LogP contribution in [0.4, 0.5) is 5.13 Å². The van der Waals surface area contributed by atoms with Crippen LogP contribution in [0.5, 0.6) is 0 Å². The number of thiazole rings is 1. The molecule has 6 heteroatoms. The van der Waals surface area contributed by atoms with E-state index in [1.54, 1.807) is 11.1 Å². The standard InChI is InChI=1S/C24H23N3O2S/c1-15-8-9-19(16(2)12-15)21-14-30-24(25-21)26-23(29)13-22-20-7-5-4-6-18(20)10-11-27(22)17(3)28/h4-12,14,22H,13H2,1-3H3,(H,25,26,29). The van der Waals surface area contributed by atoms with Crippen molar-refractivity contribution in [3.05, 3.63) is 76.3 Å². The monoisotopic (exact) mass is 417 g/mol. The highest BCUT2D eigenvalue weighted by atomic mass is 32.1. The highest BCUT2D eigenvalue weighted by molar-refractivity contribution is 7.14. The molecule has 2 heterocycles. The Kier molecular flexibility index (Phi) is 5.50. The van der Waals surface area contributed by atoms with Gasteiger partial charge in [-0.05, 0) is 36.6 Å². The highest BCUT2D eigenvalue weighted by Crippen LogP contribution is 2.33. The molecule has 0 fully saturated rings. The summed E-state index contributed by atoms with van der Waals surface area (Å²) in [6, 6.07) is 13.7. The molecule has 2 aromatic carbocycles. The van der Waals surface area contributed by atoms with E-state index < -0.39 is 0 Å². The first-order valence-electron chi connectivity index (χ1n) is 9.81. The second-order valence-electron chi connectivity index (χ2n) is 7.50. The van der Waals surface area contributed by atoms with Crippen LogP contribution < -0.4 is 5.32 Å². The Morgan fingerprint density at radius 1 is 1.17 bits per heavy atom. The first-order chi connectivity index (χ1) is 14.4. The van der Waals surface area contributed by atoms with E-state index in [9.17, 15) is 9.59 Å². The smallest absolute Gasteiger partial charge is 0.228 e. The van der Waals surface area contributed by atoms with Crippen molar-refractivity contribution in [3.8, 4) is 11.3 Å². The summed E-state index contributed by atoms with van der Waals surface area (Å²) in [6.07, 6.45) is 3.83. The number of carbonyl (C=O) groups excluding carboxylic acids is 2. The summed E-state index contributed by atoms with van der Waals surface area (Å²) in [4.78, 5) is 31.1. The second kappa shape index (κ2) is 8.24. The molecule has 1 unspecified atom stereocenters. The van der Waals surface area contributed by atoms with E-state index in [-0.39, 0.29) is 24.3 Å². The number of nitrogens with zero attached hydrogens (tertiary/aromatic N) is 2. The number of nitrogens with one attached hydrogen (secondary N) is 1. The second-order valence-corrected chi connectivity index (χ2v) is 8.35. The molecule has 30 heavy (non-hydrogen) atoms. The summed E-state index contributed by atoms with van der Waals surface area (Å²) in [7, 11) is 0. The van der Waals surface area contributed by atoms with Crippen molar-refractivity contribution in [3.63, 3.8) is 0 Å². The van der Waals surface area contributed by atoms with Crippen molar-refractivity contribution in [2.24, 2.45) is 0 Å². The van der Waals surface area contributed by atoms with Crippen LogP contribution >= 0.6 is 11.3 Å². The minimum atomic E-state index is -0.331. The van der Waals surface area contributed by atoms with Gasteiger partial charge < -0.3 is 10.2 Å². The molecule has 1 aliphatic heterocycles. The minimum Gasteiger partial charge on any atom is -0.311 e. The van der Waals surface area contributed by atoms with Crippen LogP contribution in [0.1, 0.15) is 41.6 Å². The zero-order valence-electron chi connectivity index (χ0n) is 17.2. The Morgan fingerprint density at radius 2 is 1.97 bits per heavy atom. The third-order valence-corrected chi connectivity index (χ3v) is 6.01. The molecule has 152 valence electrons. The fourth-order valence-corrected chi connectivity index (χ4v) is 4.54. The lowest BCUT2D eigenvalue weighted by atomic mass is 9.93. The number of hydrogen-bond donors (Lipinski definition) is 1. The van der Waals surface area contributed by atoms with Gasteiger partial charge in [0.25, 0.3) is 0 Å². The first-order valence-corrected chi connectivity index (χ1v) is 10.7. The topological polar surface area (TPSA) is 62.3 Å². The molecular formula is C24H23N3O2S. The van der Waals surface area contributed by atoms with Gasteiger partial charge in [-0.25, -0.2) is 4.98 Å². The predicted molar refractivity (Wildman–Crippen MR) is 121 cm³/mol. The lowest BCUT2D eigenvalue weighted by Gasteiger charge is -2.32. The number of aromatic nitrogens is 1. The lowest BCUT2D eigenvalue weighted by molar-refractivity contribution is -0.129. The van der Waals surface area contributed by atoms with Gasteiger partial charge in [0.2, 0.25) is 11.8 Å². The molecule has 1 N–H and O–H groups in total. The van der Waals surface area contributed by atoms with Crippen molar-refractivity contribution >= 4 is 34.4 Å². The lowest BCUT2D eigenvalue weighted by Crippen LogP contribution is -2.33. The highest BCUT2D eigenvalue weighted by Gasteiger charge is 2.28. The predicted octanol–water partition coefficient (Wildman–Crippen LogP) is 5.33. The van der Waals surface area contributed by atoms with E-state index in [0.29, 0.717) is 5.13 Å². The van der Waals surface area contributed by atoms with Crippen LogP contribution in [0, 0.1) is 13.8 Å². The molecule has 0 saturated carbocycles. The zero-order valence-corrected chi connectivity index (χ0v) is 18.0. The van der Waals surface area contributed by atoms with Crippen LogP contribution in [0.25, 0.3) is 17.3 Å². The number of fused-ring (bicyclic) bond motifs is 1. The van der Waals surface area contributed by atoms with Gasteiger partial charge in [-0.2, -0.15) is 0 Å². The number of aryl methyl sites for hydroxylation is 2. The largest absolute Gasteiger partial charge is 0.311 e. The Balaban J connectivity index is 1.51. The van der Waals surface area contributed by atoms with Gasteiger partial charge in [0.1, 0.15) is 0 Å². The van der Waals surface area contributed by atoms with Crippen molar-refractivity contribution in [1.82, 2.24) is 9.88 Å². The molecule has 1 aromatic heterocycles. The first kappa shape index (κ1) is 20.0. The molecule has 4 rings (SSSR count). The molecule has 0 aliphatic carbocycles. The number of benzene rings is 2. The van der Waals surface area contributed by atoms with Gasteiger partial charge in [0.05, 0.1) is 18.2 Å². The average molecular weight is 418 g/mol. The summed E-state index contributed by atoms with van der Waals surface area (Å²) in [5.74, 6) is -0.261. The van der Waals surface area contributed by atoms with E-state index in [4.69, 9.17) is 0 Å². The third-order valence-electron chi connectivity index (χ3n) is 5.26. The fraction of sp³-hybridized carbons (Fsp3) is 0.208. The third kappa shape index (κ3) is 4.04. The van der Waals surface area contributed by atoms with Crippen LogP contribution in [0.3, 0.4) is 0 Å². The van der Waals surface area contributed by atoms with E-state index >= 15 is 0 Å². The van der Waals surface area contributed by atoms with Crippen LogP contribution in [0.2, 0.25) is 0 Å². The molecule has 0 bridgehead atoms. The van der Waals surface area contributed by atoms with Gasteiger partial charge >= 0.3 is 0 Å². The van der Waals surface area contributed by atoms with Crippen LogP contribution in [-0.4, -0.2) is 21.7 Å². The van der Waals surface area contributed by atoms with E-state index in [2.05, 4.69) is 42.3 Å². The maximum absolute atomic E-state index is 12.8. The number of anilines is 1. The maximum Gasteiger partial charge on any atom is 0.228 e. The van der Waals surface area contributed by atoms with Crippen molar-refractivity contribution in [2.75, 3.05) is 5.32 Å². The van der Waals surface area contributed by atoms with Crippen LogP contribution in [-0.2, 0) is 9.59 Å². The minimum absolute atomic E-state index is 0.0927. The van der Waals surface area contributed by atoms with Gasteiger partial charge in [-0.15, -0.1) is 11.3 Å². The van der Waals surface area contributed by atoms with Gasteiger partial charge in [0, 0.05) is 24.1 Å². The van der Waals surface area contributed by atoms with Crippen molar-refractivity contribution < 1.29 is 9.59 Å². The van der Waals surface area contributed by atoms with Gasteiger partial charge in [-0.3, -0.25) is 9.59 Å². The molecule has 5 nitrogen and oxygen atoms in total. The average Bonchev–Trinajstić information content (AvgIpc) is 3.16. The summed E-state index contributed by atoms with van der Waals surface area (Å²) in [5.41, 5.74) is 6.27. The maximum atomic E-state index is 12.8. The molecule has 1 atom stereocenters. The SMILES string of the molecule is CC(=O)N1C=Cc2ccccc2C1CC(=O)Nc1nc(-c2ccc(C)cc2C)cs1. The molecule has 2 amide bonds. The molecule has 3 aromatic rings. The number of amides is 2. The van der Waals surface area contributed by atoms with Crippen molar-refractivity contribution in [2.45, 2.75) is 33.2 Å². The van der Waals surface area contributed by atoms with Crippen LogP contribution in [0.15, 0.2) is 54.0 Å². The van der Waals surface area contributed by atoms with E-state index in [1.165, 1.54) is 23.8 Å². The Bertz CT molecular complexity index is 1150. The molecule has 0 radical (unpaired) electrons. The Morgan fingerprint density at radius 3 is 2.73 bits per heavy atom. The van der Waals surface area contributed by atoms with E-state index in [0.717, 1.165) is 27.9 Å². The van der Waals surface area contributed by atoms with Crippen molar-refractivity contribution in [1.29, 1.82) is 0 Å². The summed E-state index contributed by atoms with van der Waals surface area (Å²) in [6.45, 7) is 5.64. The molecule has 0 spiro atoms. The number of rotatable bonds is 4. The summed E-state index contributed by atoms with van der Waals surface area (Å²) in [5, 5.41) is 5.42. The summed E-state index contributed by atoms with van der Waals surface area (Å²) < 4.78 is 0. The Hall–Kier alpha value is -3.25. The molecular weight excluding hydrogens is 394 g/mol. The van der Waals surface area contributed by atoms with Gasteiger partial charge in [-0.1, -0.05) is 48.0 Å². The summed E-state index contributed by atoms with van der Waals surface area (Å²) >= 11 is 1.40. The molecule has 0 saturated heterocycles. The van der Waals surface area contributed by atoms with Gasteiger partial charge in [0.15, 0.2) is 5.13 Å². The zero-order chi connectivity index (χ0) is 21.3. The normalized spacial score (nSPS) is 15.0. The fourth-order valence-electron chi connectivity index (χ4n) is 3.81. The quantitative estimate of drug-likeness (QED) is 0.624. The Labute approximate surface area is 180 Å². The molecule has 1 aliphatic rings. The number of hydrogen-bond acceptors (Lipinski definition) is 4. The number of carbonyl (C=O) groups is 2. The van der Waals surface area contributed by atoms with E-state index in [1.807, 2.05) is 35.7 Å².